The van der Waals surface area contributed by atoms with Crippen LogP contribution in [0.15, 0.2) is 0 Å². The number of likely N-dealkylation sites (tertiary alicyclic amines) is 1. The van der Waals surface area contributed by atoms with Gasteiger partial charge in [-0.05, 0) is 6.98 Å². The van der Waals surface area contributed by atoms with Crippen LogP contribution in [-0.4, -0.2) is 36.2 Å². The molecule has 0 amide bonds. The molecule has 1 heterocycles. The molecule has 2 heteroatoms. The van der Waals surface area contributed by atoms with Crippen LogP contribution in [0.4, 0.5) is 0 Å². The summed E-state index contributed by atoms with van der Waals surface area (Å²) in [5, 5.41) is 8.69. The Morgan fingerprint density at radius 2 is 2.67 bits per heavy atom. The van der Waals surface area contributed by atoms with E-state index in [-0.39, 0.29) is 13.1 Å². The molecule has 1 rings (SSSR count). The lowest BCUT2D eigenvalue weighted by molar-refractivity contribution is 0.0196. The maximum Gasteiger partial charge on any atom is 0.0793 e. The van der Waals surface area contributed by atoms with Crippen molar-refractivity contribution in [3.8, 4) is 0 Å². The monoisotopic (exact) mass is 90.1 g/mol. The molecule has 0 spiro atoms. The van der Waals surface area contributed by atoms with E-state index in [4.69, 9.17) is 9.22 Å². The third kappa shape index (κ3) is 0.533. The zero-order valence-electron chi connectivity index (χ0n) is 6.39. The van der Waals surface area contributed by atoms with Gasteiger partial charge >= 0.3 is 0 Å². The first kappa shape index (κ1) is 1.80. The fourth-order valence-electron chi connectivity index (χ4n) is 0.455. The van der Waals surface area contributed by atoms with Crippen LogP contribution in [0.1, 0.15) is 4.11 Å². The van der Waals surface area contributed by atoms with Crippen LogP contribution in [0.3, 0.4) is 0 Å². The van der Waals surface area contributed by atoms with Crippen molar-refractivity contribution in [3.05, 3.63) is 0 Å². The quantitative estimate of drug-likeness (QED) is 0.425. The zero-order chi connectivity index (χ0) is 7.07. The molecular formula is C4H9NO. The Morgan fingerprint density at radius 1 is 2.00 bits per heavy atom. The van der Waals surface area contributed by atoms with Gasteiger partial charge in [0.05, 0.1) is 6.10 Å². The maximum atomic E-state index is 8.69. The number of likely N-dealkylation sites (N-methyl/N-ethyl adjacent to an activating group) is 1. The summed E-state index contributed by atoms with van der Waals surface area (Å²) in [5.74, 6) is 0. The van der Waals surface area contributed by atoms with Gasteiger partial charge in [0.1, 0.15) is 0 Å². The van der Waals surface area contributed by atoms with Gasteiger partial charge in [-0.25, -0.2) is 0 Å². The SMILES string of the molecule is [2H]C([2H])([2H])N1CC(O)C1. The maximum absolute atomic E-state index is 8.69. The Bertz CT molecular complexity index is 107. The molecule has 1 saturated heterocycles. The van der Waals surface area contributed by atoms with E-state index in [0.29, 0.717) is 0 Å². The molecule has 0 atom stereocenters. The molecule has 0 aromatic heterocycles. The third-order valence-corrected chi connectivity index (χ3v) is 0.862. The fraction of sp³-hybridized carbons (Fsp3) is 1.00. The van der Waals surface area contributed by atoms with Crippen LogP contribution in [0.25, 0.3) is 0 Å². The van der Waals surface area contributed by atoms with Crippen LogP contribution in [-0.2, 0) is 0 Å². The van der Waals surface area contributed by atoms with Gasteiger partial charge < -0.3 is 10.0 Å². The summed E-state index contributed by atoms with van der Waals surface area (Å²) in [5.41, 5.74) is 0. The first-order valence-corrected chi connectivity index (χ1v) is 1.93. The topological polar surface area (TPSA) is 23.5 Å². The molecule has 0 aromatic carbocycles. The molecule has 0 aromatic rings. The molecule has 6 heavy (non-hydrogen) atoms. The molecule has 0 unspecified atom stereocenters. The summed E-state index contributed by atoms with van der Waals surface area (Å²) in [7, 11) is 0. The molecule has 1 aliphatic heterocycles. The van der Waals surface area contributed by atoms with Gasteiger partial charge in [0.15, 0.2) is 0 Å². The Labute approximate surface area is 41.6 Å². The number of β-amino-alcohol motifs (C(OH)–C–C–N with tert-alkyl or cyclic N) is 1. The lowest BCUT2D eigenvalue weighted by Crippen LogP contribution is -2.47. The van der Waals surface area contributed by atoms with Crippen molar-refractivity contribution in [2.45, 2.75) is 6.10 Å². The van der Waals surface area contributed by atoms with Crippen molar-refractivity contribution in [1.29, 1.82) is 0 Å². The number of nitrogens with zero attached hydrogens (tertiary/aromatic N) is 1. The second-order valence-corrected chi connectivity index (χ2v) is 1.56. The second-order valence-electron chi connectivity index (χ2n) is 1.56. The molecule has 0 saturated carbocycles. The van der Waals surface area contributed by atoms with Crippen LogP contribution in [0, 0.1) is 0 Å². The van der Waals surface area contributed by atoms with Gasteiger partial charge in [-0.1, -0.05) is 0 Å². The molecule has 1 N–H and O–H groups in total. The lowest BCUT2D eigenvalue weighted by atomic mass is 10.2. The van der Waals surface area contributed by atoms with Crippen molar-refractivity contribution in [3.63, 3.8) is 0 Å². The highest BCUT2D eigenvalue weighted by Gasteiger charge is 2.18. The zero-order valence-corrected chi connectivity index (χ0v) is 3.39. The predicted octanol–water partition coefficient (Wildman–Crippen LogP) is -0.707. The molecule has 0 radical (unpaired) electrons. The van der Waals surface area contributed by atoms with E-state index in [0.717, 1.165) is 0 Å². The van der Waals surface area contributed by atoms with Crippen LogP contribution >= 0.6 is 0 Å². The third-order valence-electron chi connectivity index (χ3n) is 0.862. The summed E-state index contributed by atoms with van der Waals surface area (Å²) in [6.07, 6.45) is -0.426. The Kier molecular flexibility index (Phi) is 0.362. The van der Waals surface area contributed by atoms with Crippen molar-refractivity contribution in [1.82, 2.24) is 4.90 Å². The van der Waals surface area contributed by atoms with Gasteiger partial charge in [0, 0.05) is 17.2 Å². The molecule has 1 aliphatic rings. The van der Waals surface area contributed by atoms with E-state index in [9.17, 15) is 0 Å². The number of hydrogen-bond donors (Lipinski definition) is 1. The molecule has 36 valence electrons. The van der Waals surface area contributed by atoms with Gasteiger partial charge in [0.2, 0.25) is 0 Å². The van der Waals surface area contributed by atoms with Crippen LogP contribution < -0.4 is 0 Å². The molecule has 2 nitrogen and oxygen atoms in total. The van der Waals surface area contributed by atoms with E-state index in [1.807, 2.05) is 0 Å². The Balaban J connectivity index is 2.32. The largest absolute Gasteiger partial charge is 0.390 e. The van der Waals surface area contributed by atoms with Crippen molar-refractivity contribution < 1.29 is 9.22 Å². The molecular weight excluding hydrogens is 78.0 g/mol. The van der Waals surface area contributed by atoms with Gasteiger partial charge in [0.25, 0.3) is 0 Å². The van der Waals surface area contributed by atoms with E-state index < -0.39 is 13.1 Å². The van der Waals surface area contributed by atoms with Crippen LogP contribution in [0.5, 0.6) is 0 Å². The summed E-state index contributed by atoms with van der Waals surface area (Å²) in [6, 6.07) is 0. The van der Waals surface area contributed by atoms with Gasteiger partial charge in [-0.2, -0.15) is 0 Å². The summed E-state index contributed by atoms with van der Waals surface area (Å²) >= 11 is 0. The highest BCUT2D eigenvalue weighted by molar-refractivity contribution is 4.74. The standard InChI is InChI=1S/C4H9NO/c1-5-2-4(6)3-5/h4,6H,2-3H2,1H3/i1D3. The Morgan fingerprint density at radius 3 is 2.83 bits per heavy atom. The predicted molar refractivity (Wildman–Crippen MR) is 23.5 cm³/mol. The van der Waals surface area contributed by atoms with Crippen molar-refractivity contribution in [2.24, 2.45) is 0 Å². The molecule has 0 aliphatic carbocycles. The van der Waals surface area contributed by atoms with Crippen LogP contribution in [0.2, 0.25) is 0 Å². The first-order valence-electron chi connectivity index (χ1n) is 3.43. The van der Waals surface area contributed by atoms with Gasteiger partial charge in [-0.15, -0.1) is 0 Å². The number of aliphatic hydroxyl groups excluding tert-OH is 1. The van der Waals surface area contributed by atoms with E-state index in [2.05, 4.69) is 0 Å². The number of hydrogen-bond acceptors (Lipinski definition) is 2. The second kappa shape index (κ2) is 1.21. The minimum Gasteiger partial charge on any atom is -0.390 e. The number of rotatable bonds is 0. The minimum absolute atomic E-state index is 0.288. The highest BCUT2D eigenvalue weighted by Crippen LogP contribution is 2.00. The molecule has 0 bridgehead atoms. The summed E-state index contributed by atoms with van der Waals surface area (Å²) in [6.45, 7) is -1.42. The van der Waals surface area contributed by atoms with Crippen molar-refractivity contribution in [2.75, 3.05) is 20.1 Å². The highest BCUT2D eigenvalue weighted by atomic mass is 16.3. The van der Waals surface area contributed by atoms with E-state index in [1.165, 1.54) is 4.90 Å². The molecule has 1 fully saturated rings. The smallest absolute Gasteiger partial charge is 0.0793 e. The van der Waals surface area contributed by atoms with Gasteiger partial charge in [-0.3, -0.25) is 0 Å². The Hall–Kier alpha value is -0.0800. The first-order chi connectivity index (χ1) is 4.00. The number of aliphatic hydroxyl groups is 1. The van der Waals surface area contributed by atoms with E-state index in [1.54, 1.807) is 0 Å². The normalized spacial score (nSPS) is 36.5. The minimum atomic E-state index is -2.00. The summed E-state index contributed by atoms with van der Waals surface area (Å²) < 4.78 is 20.5. The fourth-order valence-corrected chi connectivity index (χ4v) is 0.455. The van der Waals surface area contributed by atoms with Crippen molar-refractivity contribution >= 4 is 0 Å². The summed E-state index contributed by atoms with van der Waals surface area (Å²) in [4.78, 5) is 1.26. The average molecular weight is 90.1 g/mol. The lowest BCUT2D eigenvalue weighted by Gasteiger charge is -2.31. The average Bonchev–Trinajstić information content (AvgIpc) is 1.55. The van der Waals surface area contributed by atoms with E-state index >= 15 is 0 Å².